The van der Waals surface area contributed by atoms with Crippen molar-refractivity contribution in [2.45, 2.75) is 36.8 Å². The molecular weight excluding hydrogens is 418 g/mol. The molecule has 1 atom stereocenters. The Morgan fingerprint density at radius 1 is 1.30 bits per heavy atom. The van der Waals surface area contributed by atoms with Crippen LogP contribution in [0.2, 0.25) is 5.02 Å². The number of halogens is 1. The van der Waals surface area contributed by atoms with E-state index in [4.69, 9.17) is 11.6 Å². The molecule has 0 bridgehead atoms. The smallest absolute Gasteiger partial charge is 0.262 e. The number of carbonyl (C=O) groups excluding carboxylic acids is 1. The average Bonchev–Trinajstić information content (AvgIpc) is 2.75. The second kappa shape index (κ2) is 8.66. The Hall–Kier alpha value is -2.57. The summed E-state index contributed by atoms with van der Waals surface area (Å²) in [4.78, 5) is 32.6. The fourth-order valence-corrected chi connectivity index (χ4v) is 4.87. The fourth-order valence-electron chi connectivity index (χ4n) is 3.70. The van der Waals surface area contributed by atoms with Gasteiger partial charge in [-0.2, -0.15) is 0 Å². The first kappa shape index (κ1) is 20.7. The lowest BCUT2D eigenvalue weighted by Crippen LogP contribution is -2.40. The number of nitrogens with zero attached hydrogens (tertiary/aromatic N) is 3. The molecule has 1 unspecified atom stereocenters. The summed E-state index contributed by atoms with van der Waals surface area (Å²) in [6.07, 6.45) is 2.51. The first-order chi connectivity index (χ1) is 14.5. The third-order valence-corrected chi connectivity index (χ3v) is 6.58. The standard InChI is InChI=1S/C23H22ClN3O2S/c1-3-11-27-22(29)19-9-8-18(24)13-20(19)25-23(27)30-15(2)21(28)26-12-10-16-6-4-5-7-17(16)14-26/h3-9,13,15H,1,10-12,14H2,2H3. The first-order valence-corrected chi connectivity index (χ1v) is 11.1. The number of aromatic nitrogens is 2. The van der Waals surface area contributed by atoms with E-state index in [9.17, 15) is 9.59 Å². The Morgan fingerprint density at radius 3 is 2.83 bits per heavy atom. The Morgan fingerprint density at radius 2 is 2.07 bits per heavy atom. The quantitative estimate of drug-likeness (QED) is 0.338. The molecule has 0 fully saturated rings. The molecule has 5 nitrogen and oxygen atoms in total. The molecule has 0 saturated heterocycles. The Balaban J connectivity index is 1.61. The van der Waals surface area contributed by atoms with Crippen molar-refractivity contribution >= 4 is 40.2 Å². The highest BCUT2D eigenvalue weighted by atomic mass is 35.5. The van der Waals surface area contributed by atoms with Crippen LogP contribution < -0.4 is 5.56 Å². The Labute approximate surface area is 184 Å². The van der Waals surface area contributed by atoms with Gasteiger partial charge in [0.05, 0.1) is 16.2 Å². The van der Waals surface area contributed by atoms with Crippen LogP contribution in [0.4, 0.5) is 0 Å². The van der Waals surface area contributed by atoms with Gasteiger partial charge in [-0.25, -0.2) is 4.98 Å². The highest BCUT2D eigenvalue weighted by molar-refractivity contribution is 8.00. The van der Waals surface area contributed by atoms with Gasteiger partial charge < -0.3 is 4.90 Å². The number of hydrogen-bond donors (Lipinski definition) is 0. The van der Waals surface area contributed by atoms with Crippen LogP contribution in [0, 0.1) is 0 Å². The molecule has 0 aliphatic carbocycles. The van der Waals surface area contributed by atoms with Crippen molar-refractivity contribution in [1.29, 1.82) is 0 Å². The monoisotopic (exact) mass is 439 g/mol. The molecule has 0 radical (unpaired) electrons. The van der Waals surface area contributed by atoms with Crippen molar-refractivity contribution in [2.75, 3.05) is 6.54 Å². The minimum Gasteiger partial charge on any atom is -0.337 e. The largest absolute Gasteiger partial charge is 0.337 e. The molecule has 4 rings (SSSR count). The Kier molecular flexibility index (Phi) is 5.97. The van der Waals surface area contributed by atoms with Crippen LogP contribution >= 0.6 is 23.4 Å². The van der Waals surface area contributed by atoms with Crippen LogP contribution in [0.5, 0.6) is 0 Å². The normalized spacial score (nSPS) is 14.4. The van der Waals surface area contributed by atoms with Gasteiger partial charge >= 0.3 is 0 Å². The van der Waals surface area contributed by atoms with Gasteiger partial charge in [-0.1, -0.05) is 53.7 Å². The molecule has 1 aliphatic heterocycles. The van der Waals surface area contributed by atoms with Crippen LogP contribution in [0.25, 0.3) is 10.9 Å². The van der Waals surface area contributed by atoms with Crippen molar-refractivity contribution in [3.8, 4) is 0 Å². The topological polar surface area (TPSA) is 55.2 Å². The van der Waals surface area contributed by atoms with E-state index >= 15 is 0 Å². The SMILES string of the molecule is C=CCn1c(SC(C)C(=O)N2CCc3ccccc3C2)nc2cc(Cl)ccc2c1=O. The summed E-state index contributed by atoms with van der Waals surface area (Å²) in [6.45, 7) is 7.24. The molecule has 30 heavy (non-hydrogen) atoms. The van der Waals surface area contributed by atoms with Crippen molar-refractivity contribution in [1.82, 2.24) is 14.5 Å². The maximum Gasteiger partial charge on any atom is 0.262 e. The van der Waals surface area contributed by atoms with Gasteiger partial charge in [0, 0.05) is 24.7 Å². The van der Waals surface area contributed by atoms with Crippen LogP contribution in [0.3, 0.4) is 0 Å². The molecule has 7 heteroatoms. The number of amides is 1. The zero-order chi connectivity index (χ0) is 21.3. The van der Waals surface area contributed by atoms with Gasteiger partial charge in [-0.15, -0.1) is 6.58 Å². The van der Waals surface area contributed by atoms with Gasteiger partial charge in [0.1, 0.15) is 0 Å². The molecular formula is C23H22ClN3O2S. The van der Waals surface area contributed by atoms with Crippen LogP contribution in [-0.2, 0) is 24.3 Å². The highest BCUT2D eigenvalue weighted by Gasteiger charge is 2.26. The van der Waals surface area contributed by atoms with Crippen molar-refractivity contribution in [3.05, 3.63) is 81.6 Å². The molecule has 154 valence electrons. The van der Waals surface area contributed by atoms with Crippen molar-refractivity contribution < 1.29 is 4.79 Å². The zero-order valence-electron chi connectivity index (χ0n) is 16.7. The molecule has 3 aromatic rings. The molecule has 2 heterocycles. The Bertz CT molecular complexity index is 1190. The maximum absolute atomic E-state index is 13.1. The summed E-state index contributed by atoms with van der Waals surface area (Å²) in [5.74, 6) is 0.0418. The second-order valence-electron chi connectivity index (χ2n) is 7.30. The lowest BCUT2D eigenvalue weighted by atomic mass is 10.00. The van der Waals surface area contributed by atoms with Crippen molar-refractivity contribution in [3.63, 3.8) is 0 Å². The summed E-state index contributed by atoms with van der Waals surface area (Å²) in [5, 5.41) is 1.13. The van der Waals surface area contributed by atoms with E-state index in [1.807, 2.05) is 24.0 Å². The van der Waals surface area contributed by atoms with Gasteiger partial charge in [-0.05, 0) is 42.7 Å². The van der Waals surface area contributed by atoms with E-state index in [0.717, 1.165) is 6.42 Å². The zero-order valence-corrected chi connectivity index (χ0v) is 18.2. The number of fused-ring (bicyclic) bond motifs is 2. The van der Waals surface area contributed by atoms with E-state index in [-0.39, 0.29) is 16.7 Å². The van der Waals surface area contributed by atoms with Crippen LogP contribution in [-0.4, -0.2) is 32.2 Å². The predicted molar refractivity (Wildman–Crippen MR) is 122 cm³/mol. The first-order valence-electron chi connectivity index (χ1n) is 9.81. The van der Waals surface area contributed by atoms with Crippen molar-refractivity contribution in [2.24, 2.45) is 0 Å². The minimum absolute atomic E-state index is 0.0418. The molecule has 1 aromatic heterocycles. The summed E-state index contributed by atoms with van der Waals surface area (Å²) >= 11 is 7.39. The predicted octanol–water partition coefficient (Wildman–Crippen LogP) is 4.30. The minimum atomic E-state index is -0.380. The third kappa shape index (κ3) is 4.02. The summed E-state index contributed by atoms with van der Waals surface area (Å²) in [6, 6.07) is 13.3. The number of benzene rings is 2. The molecule has 0 saturated carbocycles. The van der Waals surface area contributed by atoms with E-state index in [1.165, 1.54) is 22.9 Å². The van der Waals surface area contributed by atoms with Crippen LogP contribution in [0.15, 0.2) is 65.1 Å². The summed E-state index contributed by atoms with van der Waals surface area (Å²) < 4.78 is 1.56. The van der Waals surface area contributed by atoms with Crippen LogP contribution in [0.1, 0.15) is 18.1 Å². The molecule has 1 aliphatic rings. The molecule has 0 spiro atoms. The molecule has 2 aromatic carbocycles. The van der Waals surface area contributed by atoms with Gasteiger partial charge in [0.25, 0.3) is 5.56 Å². The van der Waals surface area contributed by atoms with Gasteiger partial charge in [0.2, 0.25) is 5.91 Å². The lowest BCUT2D eigenvalue weighted by molar-refractivity contribution is -0.131. The highest BCUT2D eigenvalue weighted by Crippen LogP contribution is 2.27. The average molecular weight is 440 g/mol. The number of allylic oxidation sites excluding steroid dienone is 1. The van der Waals surface area contributed by atoms with E-state index in [0.29, 0.717) is 40.7 Å². The van der Waals surface area contributed by atoms with E-state index in [2.05, 4.69) is 23.7 Å². The molecule has 0 N–H and O–H groups in total. The molecule has 1 amide bonds. The summed E-state index contributed by atoms with van der Waals surface area (Å²) in [5.41, 5.74) is 2.86. The number of rotatable bonds is 5. The number of carbonyl (C=O) groups is 1. The number of thioether (sulfide) groups is 1. The fraction of sp³-hybridized carbons (Fsp3) is 0.261. The van der Waals surface area contributed by atoms with E-state index in [1.54, 1.807) is 28.8 Å². The van der Waals surface area contributed by atoms with Gasteiger partial charge in [0.15, 0.2) is 5.16 Å². The maximum atomic E-state index is 13.1. The number of hydrogen-bond acceptors (Lipinski definition) is 4. The summed E-state index contributed by atoms with van der Waals surface area (Å²) in [7, 11) is 0. The lowest BCUT2D eigenvalue weighted by Gasteiger charge is -2.30. The second-order valence-corrected chi connectivity index (χ2v) is 9.04. The van der Waals surface area contributed by atoms with Gasteiger partial charge in [-0.3, -0.25) is 14.2 Å². The third-order valence-electron chi connectivity index (χ3n) is 5.27. The van der Waals surface area contributed by atoms with E-state index < -0.39 is 0 Å².